The normalized spacial score (nSPS) is 12.0. The van der Waals surface area contributed by atoms with Gasteiger partial charge in [0.25, 0.3) is 0 Å². The summed E-state index contributed by atoms with van der Waals surface area (Å²) < 4.78 is 30.3. The lowest BCUT2D eigenvalue weighted by atomic mass is 10.2. The summed E-state index contributed by atoms with van der Waals surface area (Å²) in [6.45, 7) is 1.70. The van der Waals surface area contributed by atoms with E-state index >= 15 is 0 Å². The fraction of sp³-hybridized carbons (Fsp3) is 0.118. The molecule has 4 nitrogen and oxygen atoms in total. The molecule has 0 saturated carbocycles. The van der Waals surface area contributed by atoms with Crippen LogP contribution in [0.3, 0.4) is 0 Å². The fourth-order valence-electron chi connectivity index (χ4n) is 1.89. The minimum absolute atomic E-state index is 0.0354. The molecule has 2 rings (SSSR count). The van der Waals surface area contributed by atoms with Gasteiger partial charge in [-0.3, -0.25) is 0 Å². The van der Waals surface area contributed by atoms with Crippen molar-refractivity contribution in [1.82, 2.24) is 0 Å². The Morgan fingerprint density at radius 3 is 2.26 bits per heavy atom. The van der Waals surface area contributed by atoms with Gasteiger partial charge in [0.2, 0.25) is 9.84 Å². The number of hydrogen-bond acceptors (Lipinski definition) is 4. The SMILES string of the molecule is CCOC(=O)/C(=C\c1ccc(Cl)cc1)S(=O)(=O)c1ccccc1. The highest BCUT2D eigenvalue weighted by atomic mass is 35.5. The topological polar surface area (TPSA) is 60.4 Å². The highest BCUT2D eigenvalue weighted by molar-refractivity contribution is 7.96. The first-order valence-electron chi connectivity index (χ1n) is 6.89. The lowest BCUT2D eigenvalue weighted by molar-refractivity contribution is -0.137. The van der Waals surface area contributed by atoms with Gasteiger partial charge in [0, 0.05) is 5.02 Å². The smallest absolute Gasteiger partial charge is 0.350 e. The number of sulfone groups is 1. The van der Waals surface area contributed by atoms with E-state index in [4.69, 9.17) is 16.3 Å². The van der Waals surface area contributed by atoms with Gasteiger partial charge in [-0.2, -0.15) is 0 Å². The van der Waals surface area contributed by atoms with Crippen molar-refractivity contribution in [1.29, 1.82) is 0 Å². The van der Waals surface area contributed by atoms with Crippen LogP contribution in [-0.2, 0) is 19.4 Å². The maximum Gasteiger partial charge on any atom is 0.350 e. The van der Waals surface area contributed by atoms with Crippen molar-refractivity contribution in [2.24, 2.45) is 0 Å². The standard InChI is InChI=1S/C17H15ClO4S/c1-2-22-17(19)16(12-13-8-10-14(18)11-9-13)23(20,21)15-6-4-3-5-7-15/h3-12H,2H2,1H3/b16-12+. The lowest BCUT2D eigenvalue weighted by Crippen LogP contribution is -2.16. The molecule has 0 spiro atoms. The summed E-state index contributed by atoms with van der Waals surface area (Å²) in [6.07, 6.45) is 1.29. The molecule has 0 fully saturated rings. The van der Waals surface area contributed by atoms with Crippen molar-refractivity contribution in [3.05, 3.63) is 70.1 Å². The number of carbonyl (C=O) groups excluding carboxylic acids is 1. The van der Waals surface area contributed by atoms with Gasteiger partial charge in [-0.25, -0.2) is 13.2 Å². The monoisotopic (exact) mass is 350 g/mol. The third-order valence-corrected chi connectivity index (χ3v) is 5.00. The van der Waals surface area contributed by atoms with E-state index in [9.17, 15) is 13.2 Å². The molecule has 0 bridgehead atoms. The quantitative estimate of drug-likeness (QED) is 0.609. The summed E-state index contributed by atoms with van der Waals surface area (Å²) in [4.78, 5) is 11.8. The first kappa shape index (κ1) is 17.2. The predicted molar refractivity (Wildman–Crippen MR) is 89.7 cm³/mol. The van der Waals surface area contributed by atoms with Gasteiger partial charge in [0.05, 0.1) is 11.5 Å². The van der Waals surface area contributed by atoms with E-state index in [2.05, 4.69) is 0 Å². The van der Waals surface area contributed by atoms with Gasteiger partial charge in [-0.05, 0) is 42.8 Å². The number of halogens is 1. The molecule has 0 heterocycles. The van der Waals surface area contributed by atoms with E-state index in [-0.39, 0.29) is 11.5 Å². The van der Waals surface area contributed by atoms with Crippen molar-refractivity contribution in [2.75, 3.05) is 6.61 Å². The zero-order valence-corrected chi connectivity index (χ0v) is 14.0. The van der Waals surface area contributed by atoms with E-state index < -0.39 is 20.7 Å². The van der Waals surface area contributed by atoms with Gasteiger partial charge in [-0.15, -0.1) is 0 Å². The number of benzene rings is 2. The largest absolute Gasteiger partial charge is 0.462 e. The van der Waals surface area contributed by atoms with Crippen LogP contribution in [0, 0.1) is 0 Å². The van der Waals surface area contributed by atoms with Crippen molar-refractivity contribution < 1.29 is 17.9 Å². The maximum absolute atomic E-state index is 12.7. The molecule has 0 radical (unpaired) electrons. The Bertz CT molecular complexity index is 809. The summed E-state index contributed by atoms with van der Waals surface area (Å²) in [5.41, 5.74) is 0.539. The van der Waals surface area contributed by atoms with E-state index in [1.54, 1.807) is 49.4 Å². The van der Waals surface area contributed by atoms with Crippen LogP contribution >= 0.6 is 11.6 Å². The summed E-state index contributed by atoms with van der Waals surface area (Å²) in [5.74, 6) is -0.883. The molecule has 2 aromatic rings. The number of hydrogen-bond donors (Lipinski definition) is 0. The summed E-state index contributed by atoms with van der Waals surface area (Å²) >= 11 is 5.82. The van der Waals surface area contributed by atoms with Gasteiger partial charge in [-0.1, -0.05) is 41.9 Å². The van der Waals surface area contributed by atoms with E-state index in [1.807, 2.05) is 0 Å². The minimum Gasteiger partial charge on any atom is -0.462 e. The first-order valence-corrected chi connectivity index (χ1v) is 8.76. The molecule has 2 aromatic carbocycles. The van der Waals surface area contributed by atoms with Crippen molar-refractivity contribution in [3.8, 4) is 0 Å². The molecule has 0 aromatic heterocycles. The highest BCUT2D eigenvalue weighted by Gasteiger charge is 2.28. The van der Waals surface area contributed by atoms with Gasteiger partial charge in [0.15, 0.2) is 4.91 Å². The second-order valence-electron chi connectivity index (χ2n) is 4.60. The van der Waals surface area contributed by atoms with Crippen LogP contribution in [-0.4, -0.2) is 21.0 Å². The first-order chi connectivity index (χ1) is 10.9. The second kappa shape index (κ2) is 7.44. The molecule has 120 valence electrons. The summed E-state index contributed by atoms with van der Waals surface area (Å²) in [6, 6.07) is 14.2. The Labute approximate surface area is 140 Å². The van der Waals surface area contributed by atoms with Gasteiger partial charge >= 0.3 is 5.97 Å². The van der Waals surface area contributed by atoms with Crippen LogP contribution in [0.4, 0.5) is 0 Å². The van der Waals surface area contributed by atoms with Crippen molar-refractivity contribution >= 4 is 33.5 Å². The summed E-state index contributed by atoms with van der Waals surface area (Å²) in [7, 11) is -3.98. The molecule has 0 N–H and O–H groups in total. The molecule has 23 heavy (non-hydrogen) atoms. The third-order valence-electron chi connectivity index (χ3n) is 2.99. The number of ether oxygens (including phenoxy) is 1. The van der Waals surface area contributed by atoms with Crippen LogP contribution in [0.15, 0.2) is 64.4 Å². The lowest BCUT2D eigenvalue weighted by Gasteiger charge is -2.09. The molecule has 0 unspecified atom stereocenters. The number of carbonyl (C=O) groups is 1. The molecule has 0 amide bonds. The van der Waals surface area contributed by atoms with Crippen molar-refractivity contribution in [3.63, 3.8) is 0 Å². The van der Waals surface area contributed by atoms with Crippen LogP contribution in [0.1, 0.15) is 12.5 Å². The minimum atomic E-state index is -3.98. The molecular formula is C17H15ClO4S. The van der Waals surface area contributed by atoms with Crippen molar-refractivity contribution in [2.45, 2.75) is 11.8 Å². The molecule has 0 saturated heterocycles. The zero-order valence-electron chi connectivity index (χ0n) is 12.4. The fourth-order valence-corrected chi connectivity index (χ4v) is 3.35. The Kier molecular flexibility index (Phi) is 5.58. The Morgan fingerprint density at radius 1 is 1.09 bits per heavy atom. The highest BCUT2D eigenvalue weighted by Crippen LogP contribution is 2.23. The Morgan fingerprint density at radius 2 is 1.70 bits per heavy atom. The van der Waals surface area contributed by atoms with E-state index in [0.29, 0.717) is 10.6 Å². The van der Waals surface area contributed by atoms with Crippen LogP contribution in [0.5, 0.6) is 0 Å². The average Bonchev–Trinajstić information content (AvgIpc) is 2.55. The van der Waals surface area contributed by atoms with E-state index in [1.165, 1.54) is 18.2 Å². The average molecular weight is 351 g/mol. The Balaban J connectivity index is 2.54. The molecular weight excluding hydrogens is 336 g/mol. The second-order valence-corrected chi connectivity index (χ2v) is 6.95. The predicted octanol–water partition coefficient (Wildman–Crippen LogP) is 3.72. The molecule has 0 atom stereocenters. The summed E-state index contributed by atoms with van der Waals surface area (Å²) in [5, 5.41) is 0.519. The molecule has 6 heteroatoms. The third kappa shape index (κ3) is 4.21. The molecule has 0 aliphatic heterocycles. The van der Waals surface area contributed by atoms with Gasteiger partial charge in [0.1, 0.15) is 0 Å². The molecule has 0 aliphatic rings. The molecule has 0 aliphatic carbocycles. The van der Waals surface area contributed by atoms with Crippen LogP contribution in [0.2, 0.25) is 5.02 Å². The number of esters is 1. The Hall–Kier alpha value is -2.11. The van der Waals surface area contributed by atoms with E-state index in [0.717, 1.165) is 0 Å². The van der Waals surface area contributed by atoms with Crippen LogP contribution < -0.4 is 0 Å². The van der Waals surface area contributed by atoms with Gasteiger partial charge < -0.3 is 4.74 Å². The number of rotatable bonds is 5. The van der Waals surface area contributed by atoms with Crippen LogP contribution in [0.25, 0.3) is 6.08 Å². The zero-order chi connectivity index (χ0) is 16.9. The maximum atomic E-state index is 12.7.